The molecule has 3 saturated heterocycles. The van der Waals surface area contributed by atoms with Crippen LogP contribution >= 0.6 is 0 Å². The molecular formula is C14H24N2. The van der Waals surface area contributed by atoms with Crippen LogP contribution in [0.25, 0.3) is 0 Å². The second-order valence-corrected chi connectivity index (χ2v) is 6.71. The number of rotatable bonds is 1. The minimum atomic E-state index is 0.551. The van der Waals surface area contributed by atoms with Crippen molar-refractivity contribution in [3.8, 4) is 0 Å². The monoisotopic (exact) mass is 220 g/mol. The van der Waals surface area contributed by atoms with E-state index < -0.39 is 0 Å². The van der Waals surface area contributed by atoms with Crippen LogP contribution < -0.4 is 10.6 Å². The molecule has 0 aromatic rings. The maximum atomic E-state index is 4.02. The Labute approximate surface area is 98.6 Å². The second-order valence-electron chi connectivity index (χ2n) is 6.71. The zero-order valence-corrected chi connectivity index (χ0v) is 10.2. The molecule has 0 radical (unpaired) electrons. The third kappa shape index (κ3) is 1.32. The molecule has 1 aliphatic carbocycles. The normalized spacial score (nSPS) is 55.5. The van der Waals surface area contributed by atoms with Crippen LogP contribution in [-0.4, -0.2) is 24.2 Å². The van der Waals surface area contributed by atoms with E-state index in [0.717, 1.165) is 23.9 Å². The fraction of sp³-hybridized carbons (Fsp3) is 1.00. The summed E-state index contributed by atoms with van der Waals surface area (Å²) in [5.41, 5.74) is 0.551. The summed E-state index contributed by atoms with van der Waals surface area (Å²) < 4.78 is 0. The maximum absolute atomic E-state index is 4.02. The molecule has 2 N–H and O–H groups in total. The topological polar surface area (TPSA) is 24.1 Å². The molecule has 1 saturated carbocycles. The molecule has 3 heterocycles. The lowest BCUT2D eigenvalue weighted by molar-refractivity contribution is 0.107. The number of nitrogens with one attached hydrogen (secondary N) is 2. The van der Waals surface area contributed by atoms with Crippen molar-refractivity contribution < 1.29 is 0 Å². The summed E-state index contributed by atoms with van der Waals surface area (Å²) in [5.74, 6) is 1.98. The van der Waals surface area contributed by atoms with Gasteiger partial charge in [0.15, 0.2) is 0 Å². The Morgan fingerprint density at radius 2 is 1.94 bits per heavy atom. The minimum absolute atomic E-state index is 0.551. The van der Waals surface area contributed by atoms with E-state index in [1.165, 1.54) is 57.9 Å². The Morgan fingerprint density at radius 1 is 0.938 bits per heavy atom. The van der Waals surface area contributed by atoms with Gasteiger partial charge in [-0.1, -0.05) is 6.42 Å². The fourth-order valence-corrected chi connectivity index (χ4v) is 5.21. The lowest BCUT2D eigenvalue weighted by atomic mass is 9.70. The summed E-state index contributed by atoms with van der Waals surface area (Å²) in [5, 5.41) is 7.81. The van der Waals surface area contributed by atoms with E-state index in [2.05, 4.69) is 10.6 Å². The molecular weight excluding hydrogens is 196 g/mol. The first-order valence-electron chi connectivity index (χ1n) is 7.37. The van der Waals surface area contributed by atoms with Gasteiger partial charge in [-0.05, 0) is 56.8 Å². The molecule has 0 amide bonds. The van der Waals surface area contributed by atoms with Crippen LogP contribution in [0, 0.1) is 11.8 Å². The SMILES string of the molecule is C1CC2CCC(C3CNC4CCC3C4)(C1)N2. The van der Waals surface area contributed by atoms with Crippen molar-refractivity contribution in [3.63, 3.8) is 0 Å². The summed E-state index contributed by atoms with van der Waals surface area (Å²) in [6, 6.07) is 1.74. The smallest absolute Gasteiger partial charge is 0.0227 e. The predicted molar refractivity (Wildman–Crippen MR) is 65.4 cm³/mol. The number of hydrogen-bond acceptors (Lipinski definition) is 2. The van der Waals surface area contributed by atoms with Crippen molar-refractivity contribution in [2.24, 2.45) is 11.8 Å². The van der Waals surface area contributed by atoms with Crippen molar-refractivity contribution in [1.29, 1.82) is 0 Å². The molecule has 5 unspecified atom stereocenters. The standard InChI is InChI=1S/C14H24N2/c1-2-11-5-7-14(6-1,16-11)13-9-15-12-4-3-10(13)8-12/h10-13,15-16H,1-9H2. The van der Waals surface area contributed by atoms with Crippen LogP contribution in [0.1, 0.15) is 51.4 Å². The van der Waals surface area contributed by atoms with E-state index in [4.69, 9.17) is 0 Å². The van der Waals surface area contributed by atoms with Gasteiger partial charge >= 0.3 is 0 Å². The van der Waals surface area contributed by atoms with Crippen molar-refractivity contribution in [1.82, 2.24) is 10.6 Å². The lowest BCUT2D eigenvalue weighted by Crippen LogP contribution is -2.58. The van der Waals surface area contributed by atoms with Gasteiger partial charge in [0.25, 0.3) is 0 Å². The summed E-state index contributed by atoms with van der Waals surface area (Å²) in [4.78, 5) is 0. The highest BCUT2D eigenvalue weighted by Gasteiger charge is 2.51. The van der Waals surface area contributed by atoms with E-state index in [9.17, 15) is 0 Å². The first-order valence-corrected chi connectivity index (χ1v) is 7.37. The largest absolute Gasteiger partial charge is 0.314 e. The molecule has 2 heteroatoms. The Hall–Kier alpha value is -0.0800. The van der Waals surface area contributed by atoms with Gasteiger partial charge in [-0.15, -0.1) is 0 Å². The molecule has 16 heavy (non-hydrogen) atoms. The Kier molecular flexibility index (Phi) is 2.14. The molecule has 3 aliphatic heterocycles. The minimum Gasteiger partial charge on any atom is -0.314 e. The first kappa shape index (κ1) is 9.90. The highest BCUT2D eigenvalue weighted by Crippen LogP contribution is 2.48. The van der Waals surface area contributed by atoms with Gasteiger partial charge in [-0.2, -0.15) is 0 Å². The highest BCUT2D eigenvalue weighted by atomic mass is 15.1. The number of fused-ring (bicyclic) bond motifs is 4. The summed E-state index contributed by atoms with van der Waals surface area (Å²) >= 11 is 0. The number of hydrogen-bond donors (Lipinski definition) is 2. The van der Waals surface area contributed by atoms with Crippen LogP contribution in [-0.2, 0) is 0 Å². The van der Waals surface area contributed by atoms with Gasteiger partial charge in [-0.25, -0.2) is 0 Å². The highest BCUT2D eigenvalue weighted by molar-refractivity contribution is 5.09. The van der Waals surface area contributed by atoms with Crippen molar-refractivity contribution in [2.45, 2.75) is 69.0 Å². The molecule has 0 spiro atoms. The van der Waals surface area contributed by atoms with Crippen LogP contribution in [0.3, 0.4) is 0 Å². The van der Waals surface area contributed by atoms with E-state index >= 15 is 0 Å². The molecule has 4 fully saturated rings. The average molecular weight is 220 g/mol. The molecule has 4 rings (SSSR count). The molecule has 4 aliphatic rings. The van der Waals surface area contributed by atoms with Gasteiger partial charge in [0, 0.05) is 24.2 Å². The number of piperidine rings is 2. The second kappa shape index (κ2) is 3.46. The molecule has 0 aromatic carbocycles. The third-order valence-electron chi connectivity index (χ3n) is 5.98. The van der Waals surface area contributed by atoms with Crippen molar-refractivity contribution in [2.75, 3.05) is 6.54 Å². The zero-order chi connectivity index (χ0) is 10.6. The third-order valence-corrected chi connectivity index (χ3v) is 5.98. The van der Waals surface area contributed by atoms with Gasteiger partial charge in [0.1, 0.15) is 0 Å². The van der Waals surface area contributed by atoms with E-state index in [1.807, 2.05) is 0 Å². The van der Waals surface area contributed by atoms with Gasteiger partial charge in [-0.3, -0.25) is 0 Å². The quantitative estimate of drug-likeness (QED) is 0.707. The molecule has 90 valence electrons. The first-order chi connectivity index (χ1) is 7.86. The Balaban J connectivity index is 1.60. The summed E-state index contributed by atoms with van der Waals surface area (Å²) in [6.45, 7) is 1.30. The Morgan fingerprint density at radius 3 is 2.94 bits per heavy atom. The zero-order valence-electron chi connectivity index (χ0n) is 10.2. The fourth-order valence-electron chi connectivity index (χ4n) is 5.21. The average Bonchev–Trinajstić information content (AvgIpc) is 2.82. The van der Waals surface area contributed by atoms with E-state index in [1.54, 1.807) is 0 Å². The Bertz CT molecular complexity index is 286. The molecule has 2 nitrogen and oxygen atoms in total. The molecule has 4 bridgehead atoms. The van der Waals surface area contributed by atoms with Crippen LogP contribution in [0.15, 0.2) is 0 Å². The lowest BCUT2D eigenvalue weighted by Gasteiger charge is -2.46. The van der Waals surface area contributed by atoms with Crippen molar-refractivity contribution >= 4 is 0 Å². The van der Waals surface area contributed by atoms with E-state index in [0.29, 0.717) is 5.54 Å². The van der Waals surface area contributed by atoms with Gasteiger partial charge in [0.05, 0.1) is 0 Å². The van der Waals surface area contributed by atoms with Crippen LogP contribution in [0.4, 0.5) is 0 Å². The van der Waals surface area contributed by atoms with E-state index in [-0.39, 0.29) is 0 Å². The summed E-state index contributed by atoms with van der Waals surface area (Å²) in [7, 11) is 0. The van der Waals surface area contributed by atoms with Crippen LogP contribution in [0.5, 0.6) is 0 Å². The maximum Gasteiger partial charge on any atom is 0.0227 e. The van der Waals surface area contributed by atoms with Crippen LogP contribution in [0.2, 0.25) is 0 Å². The van der Waals surface area contributed by atoms with Gasteiger partial charge in [0.2, 0.25) is 0 Å². The molecule has 0 aromatic heterocycles. The molecule has 5 atom stereocenters. The van der Waals surface area contributed by atoms with Crippen molar-refractivity contribution in [3.05, 3.63) is 0 Å². The van der Waals surface area contributed by atoms with Gasteiger partial charge < -0.3 is 10.6 Å². The predicted octanol–water partition coefficient (Wildman–Crippen LogP) is 2.05. The summed E-state index contributed by atoms with van der Waals surface area (Å²) in [6.07, 6.45) is 11.7.